The van der Waals surface area contributed by atoms with Gasteiger partial charge in [0.05, 0.1) is 0 Å². The number of nitrogens with zero attached hydrogens (tertiary/aromatic N) is 6. The maximum absolute atomic E-state index is 11.7. The van der Waals surface area contributed by atoms with Crippen LogP contribution in [-0.4, -0.2) is 16.9 Å². The van der Waals surface area contributed by atoms with Gasteiger partial charge < -0.3 is 10.2 Å². The summed E-state index contributed by atoms with van der Waals surface area (Å²) in [7, 11) is 0. The fourth-order valence-corrected chi connectivity index (χ4v) is 7.18. The number of phenols is 2. The molecule has 0 aromatic heterocycles. The molecule has 2 aliphatic rings. The number of hydrogen-bond acceptors (Lipinski definition) is 6. The van der Waals surface area contributed by atoms with Crippen molar-refractivity contribution in [3.05, 3.63) is 117 Å². The van der Waals surface area contributed by atoms with E-state index in [1.54, 1.807) is 12.1 Å². The zero-order valence-electron chi connectivity index (χ0n) is 30.0. The van der Waals surface area contributed by atoms with Gasteiger partial charge >= 0.3 is 6.67 Å². The molecule has 8 heteroatoms. The fourth-order valence-electron chi connectivity index (χ4n) is 7.18. The van der Waals surface area contributed by atoms with Gasteiger partial charge in [-0.1, -0.05) is 116 Å². The molecule has 8 nitrogen and oxygen atoms in total. The van der Waals surface area contributed by atoms with E-state index in [1.807, 2.05) is 60.7 Å². The lowest BCUT2D eigenvalue weighted by Gasteiger charge is -2.32. The monoisotopic (exact) mass is 660 g/mol. The van der Waals surface area contributed by atoms with E-state index in [2.05, 4.69) is 53.7 Å². The van der Waals surface area contributed by atoms with Crippen molar-refractivity contribution in [2.24, 2.45) is 20.4 Å². The maximum atomic E-state index is 11.7. The topological polar surface area (TPSA) is 89.9 Å². The lowest BCUT2D eigenvalue weighted by molar-refractivity contribution is 0.142. The molecule has 0 saturated carbocycles. The first kappa shape index (κ1) is 34.5. The van der Waals surface area contributed by atoms with Gasteiger partial charge in [-0.25, -0.2) is 0 Å². The van der Waals surface area contributed by atoms with E-state index in [0.29, 0.717) is 11.4 Å². The fraction of sp³-hybridized carbons (Fsp3) is 0.415. The van der Waals surface area contributed by atoms with E-state index in [-0.39, 0.29) is 38.4 Å². The Bertz CT molecular complexity index is 1870. The average Bonchev–Trinajstić information content (AvgIpc) is 3.63. The number of quaternary nitrogens is 2. The summed E-state index contributed by atoms with van der Waals surface area (Å²) in [5.74, 6) is 0.191. The molecule has 6 rings (SSSR count). The molecule has 0 radical (unpaired) electrons. The zero-order valence-corrected chi connectivity index (χ0v) is 30.0. The first-order valence-electron chi connectivity index (χ1n) is 18.0. The Hall–Kier alpha value is -4.40. The van der Waals surface area contributed by atoms with Crippen LogP contribution in [0.4, 0.5) is 11.4 Å². The van der Waals surface area contributed by atoms with Crippen LogP contribution >= 0.6 is 0 Å². The van der Waals surface area contributed by atoms with E-state index < -0.39 is 0 Å². The van der Waals surface area contributed by atoms with Crippen molar-refractivity contribution in [2.45, 2.75) is 104 Å². The molecule has 0 bridgehead atoms. The lowest BCUT2D eigenvalue weighted by atomic mass is 9.79. The maximum Gasteiger partial charge on any atom is 0.316 e. The number of benzene rings is 4. The number of phenolic OH excluding ortho intramolecular Hbond substituents is 2. The average molecular weight is 661 g/mol. The van der Waals surface area contributed by atoms with E-state index in [1.165, 1.54) is 12.8 Å². The minimum atomic E-state index is -0.325. The van der Waals surface area contributed by atoms with Crippen molar-refractivity contribution in [1.29, 1.82) is 0 Å². The Labute approximate surface area is 290 Å². The summed E-state index contributed by atoms with van der Waals surface area (Å²) in [5, 5.41) is 47.3. The first-order chi connectivity index (χ1) is 23.4. The smallest absolute Gasteiger partial charge is 0.316 e. The van der Waals surface area contributed by atoms with E-state index in [9.17, 15) is 10.2 Å². The third-order valence-corrected chi connectivity index (χ3v) is 10.3. The molecule has 2 aliphatic heterocycles. The molecule has 0 fully saturated rings. The molecule has 0 aliphatic carbocycles. The highest BCUT2D eigenvalue weighted by atomic mass is 16.3. The highest BCUT2D eigenvalue weighted by molar-refractivity contribution is 5.60. The zero-order chi connectivity index (χ0) is 34.9. The molecular formula is C41H52N6O2+2. The summed E-state index contributed by atoms with van der Waals surface area (Å²) in [5.41, 5.74) is 3.06. The van der Waals surface area contributed by atoms with Gasteiger partial charge in [0, 0.05) is 21.5 Å². The highest BCUT2D eigenvalue weighted by Gasteiger charge is 2.53. The third kappa shape index (κ3) is 6.77. The van der Waals surface area contributed by atoms with Gasteiger partial charge in [0.1, 0.15) is 0 Å². The lowest BCUT2D eigenvalue weighted by Crippen LogP contribution is -2.54. The van der Waals surface area contributed by atoms with Crippen LogP contribution in [0.15, 0.2) is 105 Å². The van der Waals surface area contributed by atoms with Crippen LogP contribution in [0, 0.1) is 0 Å². The van der Waals surface area contributed by atoms with Crippen LogP contribution in [0.5, 0.6) is 11.5 Å². The van der Waals surface area contributed by atoms with Gasteiger partial charge in [-0.15, -0.1) is 0 Å². The van der Waals surface area contributed by atoms with Crippen molar-refractivity contribution >= 4 is 11.4 Å². The Morgan fingerprint density at radius 2 is 0.857 bits per heavy atom. The van der Waals surface area contributed by atoms with Crippen LogP contribution in [0.1, 0.15) is 104 Å². The number of unbranched alkanes of at least 4 members (excludes halogenated alkanes) is 4. The van der Waals surface area contributed by atoms with Crippen molar-refractivity contribution in [2.75, 3.05) is 6.67 Å². The normalized spacial score (nSPS) is 15.8. The Kier molecular flexibility index (Phi) is 9.48. The summed E-state index contributed by atoms with van der Waals surface area (Å²) in [4.78, 5) is 0. The second-order valence-electron chi connectivity index (χ2n) is 15.1. The van der Waals surface area contributed by atoms with Crippen molar-refractivity contribution in [3.8, 4) is 11.5 Å². The van der Waals surface area contributed by atoms with Gasteiger partial charge in [-0.3, -0.25) is 0 Å². The van der Waals surface area contributed by atoms with Gasteiger partial charge in [-0.2, -0.15) is 0 Å². The second-order valence-corrected chi connectivity index (χ2v) is 15.1. The van der Waals surface area contributed by atoms with E-state index in [4.69, 9.17) is 20.4 Å². The Morgan fingerprint density at radius 1 is 0.510 bits per heavy atom. The minimum absolute atomic E-state index is 0.0594. The molecule has 0 amide bonds. The SMILES string of the molecule is CCCCCC(C)(C)c1ccc(O)c([N+]2(C[N+]3(c4cc(C(C)(C)CCCCC)ccc4O)N=c4ccccc4=N3)N=c3ccccc3=N2)c1. The van der Waals surface area contributed by atoms with Crippen LogP contribution < -0.4 is 30.8 Å². The van der Waals surface area contributed by atoms with Crippen LogP contribution in [0.25, 0.3) is 0 Å². The summed E-state index contributed by atoms with van der Waals surface area (Å²) in [6.45, 7) is 13.6. The standard InChI is InChI=1S/C41H50N6O2/c1-7-9-15-25-40(3,4)30-21-23-38(48)36(27-30)46(42-32-17-11-12-18-33(32)43-46)29-47(44-34-19-13-14-20-35(34)45-47)37-28-31(22-24-39(37)49)41(5,6)26-16-10-8-2/h11-14,17-24,27-28H,7-10,15-16,25-26,29H2,1-6H3/p+2. The molecule has 0 spiro atoms. The molecular weight excluding hydrogens is 608 g/mol. The largest absolute Gasteiger partial charge is 0.503 e. The molecule has 0 atom stereocenters. The molecule has 4 aromatic rings. The predicted octanol–water partition coefficient (Wildman–Crippen LogP) is 7.65. The van der Waals surface area contributed by atoms with Crippen LogP contribution in [0.3, 0.4) is 0 Å². The molecule has 256 valence electrons. The van der Waals surface area contributed by atoms with Crippen LogP contribution in [0.2, 0.25) is 0 Å². The number of aromatic hydroxyl groups is 2. The minimum Gasteiger partial charge on any atom is -0.503 e. The van der Waals surface area contributed by atoms with Gasteiger partial charge in [0.25, 0.3) is 0 Å². The number of rotatable bonds is 14. The summed E-state index contributed by atoms with van der Waals surface area (Å²) in [6.07, 6.45) is 8.97. The Morgan fingerprint density at radius 3 is 1.18 bits per heavy atom. The summed E-state index contributed by atoms with van der Waals surface area (Å²) in [6, 6.07) is 27.3. The molecule has 0 saturated heterocycles. The summed E-state index contributed by atoms with van der Waals surface area (Å²) >= 11 is 0. The van der Waals surface area contributed by atoms with Crippen LogP contribution in [-0.2, 0) is 10.8 Å². The first-order valence-corrected chi connectivity index (χ1v) is 18.0. The predicted molar refractivity (Wildman–Crippen MR) is 197 cm³/mol. The highest BCUT2D eigenvalue weighted by Crippen LogP contribution is 2.45. The number of hydrogen-bond donors (Lipinski definition) is 2. The van der Waals surface area contributed by atoms with Crippen molar-refractivity contribution in [3.63, 3.8) is 0 Å². The Balaban J connectivity index is 1.56. The van der Waals surface area contributed by atoms with E-state index in [0.717, 1.165) is 71.1 Å². The quantitative estimate of drug-likeness (QED) is 0.108. The van der Waals surface area contributed by atoms with Gasteiger partial charge in [0.15, 0.2) is 32.9 Å². The third-order valence-electron chi connectivity index (χ3n) is 10.3. The van der Waals surface area contributed by atoms with Gasteiger partial charge in [0.2, 0.25) is 11.4 Å². The molecule has 0 unspecified atom stereocenters. The molecule has 49 heavy (non-hydrogen) atoms. The number of fused-ring (bicyclic) bond motifs is 2. The van der Waals surface area contributed by atoms with Crippen molar-refractivity contribution < 1.29 is 10.2 Å². The van der Waals surface area contributed by atoms with Crippen molar-refractivity contribution in [1.82, 2.24) is 9.40 Å². The van der Waals surface area contributed by atoms with Gasteiger partial charge in [-0.05, 0) is 91.6 Å². The van der Waals surface area contributed by atoms with E-state index >= 15 is 0 Å². The molecule has 2 heterocycles. The summed E-state index contributed by atoms with van der Waals surface area (Å²) < 4.78 is -0.650. The molecule has 2 N–H and O–H groups in total. The second kappa shape index (κ2) is 13.5. The molecule has 4 aromatic carbocycles.